The van der Waals surface area contributed by atoms with Crippen molar-refractivity contribution in [3.05, 3.63) is 35.4 Å². The molecule has 4 N–H and O–H groups in total. The Morgan fingerprint density at radius 3 is 2.24 bits per heavy atom. The first kappa shape index (κ1) is 17.1. The molecule has 116 valence electrons. The summed E-state index contributed by atoms with van der Waals surface area (Å²) < 4.78 is 0. The van der Waals surface area contributed by atoms with Crippen molar-refractivity contribution in [1.29, 1.82) is 0 Å². The first-order chi connectivity index (χ1) is 9.85. The van der Waals surface area contributed by atoms with Crippen molar-refractivity contribution in [2.75, 3.05) is 14.1 Å². The van der Waals surface area contributed by atoms with Gasteiger partial charge in [-0.1, -0.05) is 12.1 Å². The normalized spacial score (nSPS) is 13.6. The van der Waals surface area contributed by atoms with Gasteiger partial charge in [-0.15, -0.1) is 0 Å². The molecule has 2 atom stereocenters. The average Bonchev–Trinajstić information content (AvgIpc) is 2.43. The number of hydroxylamine groups is 1. The predicted molar refractivity (Wildman–Crippen MR) is 76.7 cm³/mol. The Balaban J connectivity index is 2.76. The number of carbonyl (C=O) groups excluding carboxylic acids is 2. The Morgan fingerprint density at radius 2 is 1.81 bits per heavy atom. The number of carbonyl (C=O) groups is 2. The molecule has 0 aliphatic carbocycles. The topological polar surface area (TPSA) is 102 Å². The maximum atomic E-state index is 12.0. The van der Waals surface area contributed by atoms with Crippen LogP contribution >= 0.6 is 0 Å². The standard InChI is InChI=1S/C14H21N3O4/c1-9(18)12(14(20)16-21)15-13(19)11-6-4-10(5-7-11)8-17(2)3/h4-7,9,12,18,21H,8H2,1-3H3,(H,15,19)(H,16,20)/t9-,12+/m1/s1. The number of hydrogen-bond donors (Lipinski definition) is 4. The fourth-order valence-corrected chi connectivity index (χ4v) is 1.83. The minimum atomic E-state index is -1.22. The fraction of sp³-hybridized carbons (Fsp3) is 0.429. The molecule has 0 aromatic heterocycles. The van der Waals surface area contributed by atoms with Gasteiger partial charge in [0.15, 0.2) is 0 Å². The zero-order valence-corrected chi connectivity index (χ0v) is 12.3. The maximum absolute atomic E-state index is 12.0. The van der Waals surface area contributed by atoms with E-state index in [0.29, 0.717) is 5.56 Å². The summed E-state index contributed by atoms with van der Waals surface area (Å²) in [6.45, 7) is 2.10. The number of benzene rings is 1. The van der Waals surface area contributed by atoms with Gasteiger partial charge in [0, 0.05) is 12.1 Å². The van der Waals surface area contributed by atoms with Gasteiger partial charge in [0.2, 0.25) is 0 Å². The molecular weight excluding hydrogens is 274 g/mol. The van der Waals surface area contributed by atoms with Gasteiger partial charge in [0.25, 0.3) is 11.8 Å². The summed E-state index contributed by atoms with van der Waals surface area (Å²) in [5.74, 6) is -1.37. The molecule has 7 nitrogen and oxygen atoms in total. The van der Waals surface area contributed by atoms with Crippen LogP contribution < -0.4 is 10.8 Å². The minimum absolute atomic E-state index is 0.369. The highest BCUT2D eigenvalue weighted by Crippen LogP contribution is 2.07. The lowest BCUT2D eigenvalue weighted by Gasteiger charge is -2.19. The van der Waals surface area contributed by atoms with Crippen molar-refractivity contribution in [1.82, 2.24) is 15.7 Å². The van der Waals surface area contributed by atoms with Gasteiger partial charge in [-0.3, -0.25) is 14.8 Å². The van der Waals surface area contributed by atoms with Gasteiger partial charge in [-0.05, 0) is 38.7 Å². The molecule has 7 heteroatoms. The van der Waals surface area contributed by atoms with Crippen molar-refractivity contribution < 1.29 is 19.9 Å². The molecule has 0 heterocycles. The first-order valence-electron chi connectivity index (χ1n) is 6.51. The van der Waals surface area contributed by atoms with Crippen LogP contribution in [0.2, 0.25) is 0 Å². The SMILES string of the molecule is C[C@@H](O)[C@H](NC(=O)c1ccc(CN(C)C)cc1)C(=O)NO. The van der Waals surface area contributed by atoms with Crippen molar-refractivity contribution in [3.8, 4) is 0 Å². The van der Waals surface area contributed by atoms with Crippen LogP contribution in [0.25, 0.3) is 0 Å². The maximum Gasteiger partial charge on any atom is 0.268 e. The number of amides is 2. The molecule has 2 amide bonds. The molecule has 0 bridgehead atoms. The second kappa shape index (κ2) is 7.72. The van der Waals surface area contributed by atoms with Crippen LogP contribution in [0, 0.1) is 0 Å². The molecule has 0 radical (unpaired) electrons. The number of nitrogens with one attached hydrogen (secondary N) is 2. The van der Waals surface area contributed by atoms with Crippen LogP contribution in [0.4, 0.5) is 0 Å². The number of aliphatic hydroxyl groups excluding tert-OH is 1. The molecule has 1 rings (SSSR count). The van der Waals surface area contributed by atoms with Crippen molar-refractivity contribution in [2.24, 2.45) is 0 Å². The molecule has 0 unspecified atom stereocenters. The average molecular weight is 295 g/mol. The summed E-state index contributed by atoms with van der Waals surface area (Å²) in [6, 6.07) is 5.70. The molecule has 0 fully saturated rings. The smallest absolute Gasteiger partial charge is 0.268 e. The summed E-state index contributed by atoms with van der Waals surface area (Å²) in [5.41, 5.74) is 2.84. The van der Waals surface area contributed by atoms with Gasteiger partial charge in [0.05, 0.1) is 6.10 Å². The summed E-state index contributed by atoms with van der Waals surface area (Å²) in [4.78, 5) is 25.4. The molecule has 0 aliphatic rings. The molecule has 0 spiro atoms. The van der Waals surface area contributed by atoms with Gasteiger partial charge >= 0.3 is 0 Å². The molecule has 0 saturated carbocycles. The zero-order chi connectivity index (χ0) is 16.0. The molecule has 0 saturated heterocycles. The number of aliphatic hydroxyl groups is 1. The van der Waals surface area contributed by atoms with E-state index in [1.54, 1.807) is 12.1 Å². The van der Waals surface area contributed by atoms with E-state index >= 15 is 0 Å². The zero-order valence-electron chi connectivity index (χ0n) is 12.3. The van der Waals surface area contributed by atoms with E-state index in [1.807, 2.05) is 31.1 Å². The first-order valence-corrected chi connectivity index (χ1v) is 6.51. The Bertz CT molecular complexity index is 485. The third kappa shape index (κ3) is 5.14. The highest BCUT2D eigenvalue weighted by atomic mass is 16.5. The Kier molecular flexibility index (Phi) is 6.29. The Morgan fingerprint density at radius 1 is 1.24 bits per heavy atom. The van der Waals surface area contributed by atoms with Crippen LogP contribution in [0.15, 0.2) is 24.3 Å². The second-order valence-electron chi connectivity index (χ2n) is 5.10. The lowest BCUT2D eigenvalue weighted by Crippen LogP contribution is -2.51. The van der Waals surface area contributed by atoms with Gasteiger partial charge < -0.3 is 15.3 Å². The van der Waals surface area contributed by atoms with Crippen LogP contribution in [0.5, 0.6) is 0 Å². The Hall–Kier alpha value is -1.96. The molecule has 21 heavy (non-hydrogen) atoms. The van der Waals surface area contributed by atoms with E-state index in [2.05, 4.69) is 5.32 Å². The molecular formula is C14H21N3O4. The third-order valence-electron chi connectivity index (χ3n) is 2.88. The van der Waals surface area contributed by atoms with E-state index in [-0.39, 0.29) is 0 Å². The largest absolute Gasteiger partial charge is 0.391 e. The monoisotopic (exact) mass is 295 g/mol. The van der Waals surface area contributed by atoms with Crippen LogP contribution in [0.3, 0.4) is 0 Å². The van der Waals surface area contributed by atoms with E-state index in [9.17, 15) is 14.7 Å². The van der Waals surface area contributed by atoms with Gasteiger partial charge in [0.1, 0.15) is 6.04 Å². The van der Waals surface area contributed by atoms with Gasteiger partial charge in [-0.2, -0.15) is 0 Å². The second-order valence-corrected chi connectivity index (χ2v) is 5.10. The van der Waals surface area contributed by atoms with E-state index in [4.69, 9.17) is 5.21 Å². The van der Waals surface area contributed by atoms with Crippen molar-refractivity contribution >= 4 is 11.8 Å². The fourth-order valence-electron chi connectivity index (χ4n) is 1.83. The predicted octanol–water partition coefficient (Wildman–Crippen LogP) is -0.267. The summed E-state index contributed by atoms with van der Waals surface area (Å²) >= 11 is 0. The van der Waals surface area contributed by atoms with Gasteiger partial charge in [-0.25, -0.2) is 5.48 Å². The van der Waals surface area contributed by atoms with E-state index < -0.39 is 24.0 Å². The number of rotatable bonds is 6. The quantitative estimate of drug-likeness (QED) is 0.427. The molecule has 0 aliphatic heterocycles. The number of nitrogens with zero attached hydrogens (tertiary/aromatic N) is 1. The molecule has 1 aromatic rings. The highest BCUT2D eigenvalue weighted by Gasteiger charge is 2.25. The minimum Gasteiger partial charge on any atom is -0.391 e. The lowest BCUT2D eigenvalue weighted by atomic mass is 10.1. The summed E-state index contributed by atoms with van der Waals surface area (Å²) in [5, 5.41) is 20.4. The van der Waals surface area contributed by atoms with E-state index in [0.717, 1.165) is 12.1 Å². The summed E-state index contributed by atoms with van der Waals surface area (Å²) in [7, 11) is 3.89. The summed E-state index contributed by atoms with van der Waals surface area (Å²) in [6.07, 6.45) is -1.13. The van der Waals surface area contributed by atoms with Crippen LogP contribution in [-0.4, -0.2) is 53.3 Å². The van der Waals surface area contributed by atoms with Crippen molar-refractivity contribution in [2.45, 2.75) is 25.6 Å². The van der Waals surface area contributed by atoms with Crippen molar-refractivity contribution in [3.63, 3.8) is 0 Å². The van der Waals surface area contributed by atoms with E-state index in [1.165, 1.54) is 12.4 Å². The van der Waals surface area contributed by atoms with Crippen LogP contribution in [-0.2, 0) is 11.3 Å². The highest BCUT2D eigenvalue weighted by molar-refractivity contribution is 5.97. The lowest BCUT2D eigenvalue weighted by molar-refractivity contribution is -0.133. The molecule has 1 aromatic carbocycles. The third-order valence-corrected chi connectivity index (χ3v) is 2.88. The Labute approximate surface area is 123 Å². The number of hydrogen-bond acceptors (Lipinski definition) is 5. The van der Waals surface area contributed by atoms with Crippen LogP contribution in [0.1, 0.15) is 22.8 Å².